The maximum atomic E-state index is 12.6. The number of nitrogens with one attached hydrogen (secondary N) is 2. The molecule has 0 spiro atoms. The molecule has 2 atom stereocenters. The van der Waals surface area contributed by atoms with E-state index in [1.807, 2.05) is 6.07 Å². The Bertz CT molecular complexity index is 1250. The molecule has 2 aromatic carbocycles. The van der Waals surface area contributed by atoms with Gasteiger partial charge < -0.3 is 20.1 Å². The van der Waals surface area contributed by atoms with E-state index in [0.717, 1.165) is 24.3 Å². The van der Waals surface area contributed by atoms with E-state index < -0.39 is 30.1 Å². The summed E-state index contributed by atoms with van der Waals surface area (Å²) in [5, 5.41) is 19.8. The van der Waals surface area contributed by atoms with Crippen molar-refractivity contribution in [3.63, 3.8) is 0 Å². The Morgan fingerprint density at radius 2 is 1.76 bits per heavy atom. The molecule has 1 aromatic heterocycles. The van der Waals surface area contributed by atoms with E-state index in [-0.39, 0.29) is 11.5 Å². The second-order valence-corrected chi connectivity index (χ2v) is 7.16. The summed E-state index contributed by atoms with van der Waals surface area (Å²) in [5.41, 5.74) is 0.876. The van der Waals surface area contributed by atoms with Crippen molar-refractivity contribution in [2.24, 2.45) is 0 Å². The predicted molar refractivity (Wildman–Crippen MR) is 114 cm³/mol. The van der Waals surface area contributed by atoms with Gasteiger partial charge >= 0.3 is 6.36 Å². The second-order valence-electron chi connectivity index (χ2n) is 7.16. The fraction of sp³-hybridized carbons (Fsp3) is 0.273. The quantitative estimate of drug-likeness (QED) is 0.542. The molecule has 0 radical (unpaired) electrons. The van der Waals surface area contributed by atoms with Gasteiger partial charge in [-0.1, -0.05) is 0 Å². The molecule has 12 heteroatoms. The molecule has 2 N–H and O–H groups in total. The van der Waals surface area contributed by atoms with Crippen LogP contribution in [0.1, 0.15) is 33.7 Å². The summed E-state index contributed by atoms with van der Waals surface area (Å²) in [7, 11) is 2.93. The lowest BCUT2D eigenvalue weighted by Gasteiger charge is -2.21. The number of nitriles is 1. The predicted octanol–water partition coefficient (Wildman–Crippen LogP) is 3.19. The molecule has 0 bridgehead atoms. The van der Waals surface area contributed by atoms with Crippen molar-refractivity contribution in [2.75, 3.05) is 14.2 Å². The number of alkyl halides is 3. The summed E-state index contributed by atoms with van der Waals surface area (Å²) in [6.45, 7) is 1.64. The number of halogens is 3. The molecule has 2 amide bonds. The minimum Gasteiger partial charge on any atom is -0.481 e. The Hall–Kier alpha value is -4.27. The Kier molecular flexibility index (Phi) is 6.95. The van der Waals surface area contributed by atoms with Crippen LogP contribution in [0.3, 0.4) is 0 Å². The maximum absolute atomic E-state index is 12.6. The van der Waals surface area contributed by atoms with E-state index >= 15 is 0 Å². The van der Waals surface area contributed by atoms with Crippen molar-refractivity contribution in [1.29, 1.82) is 5.26 Å². The molecule has 0 aliphatic rings. The SMILES string of the molecule is CNC(=O)c1ccc2c(OC)n(C(C)C(C#N)NC(=O)c3ccc(OC(F)(F)F)cc3)nc2c1. The molecule has 0 aliphatic heterocycles. The number of fused-ring (bicyclic) bond motifs is 1. The minimum absolute atomic E-state index is 0.0368. The smallest absolute Gasteiger partial charge is 0.481 e. The highest BCUT2D eigenvalue weighted by Gasteiger charge is 2.31. The van der Waals surface area contributed by atoms with Crippen LogP contribution in [0.5, 0.6) is 11.6 Å². The molecule has 34 heavy (non-hydrogen) atoms. The summed E-state index contributed by atoms with van der Waals surface area (Å²) in [4.78, 5) is 24.5. The Labute approximate surface area is 192 Å². The van der Waals surface area contributed by atoms with Crippen molar-refractivity contribution < 1.29 is 32.2 Å². The highest BCUT2D eigenvalue weighted by atomic mass is 19.4. The van der Waals surface area contributed by atoms with Crippen molar-refractivity contribution in [2.45, 2.75) is 25.4 Å². The molecular formula is C22H20F3N5O4. The summed E-state index contributed by atoms with van der Waals surface area (Å²) < 4.78 is 47.6. The lowest BCUT2D eigenvalue weighted by atomic mass is 10.1. The third-order valence-electron chi connectivity index (χ3n) is 4.98. The monoisotopic (exact) mass is 475 g/mol. The molecular weight excluding hydrogens is 455 g/mol. The average molecular weight is 475 g/mol. The standard InChI is InChI=1S/C22H20F3N5O4/c1-12(30-21(33-3)16-9-6-14(19(31)27-2)10-17(16)29-30)18(11-26)28-20(32)13-4-7-15(8-5-13)34-22(23,24)25/h4-10,12,18H,1-3H3,(H,27,31)(H,28,32). The van der Waals surface area contributed by atoms with Crippen LogP contribution >= 0.6 is 0 Å². The van der Waals surface area contributed by atoms with Gasteiger partial charge in [0.25, 0.3) is 11.8 Å². The first-order valence-electron chi connectivity index (χ1n) is 9.92. The number of rotatable bonds is 7. The number of carbonyl (C=O) groups excluding carboxylic acids is 2. The molecule has 3 rings (SSSR count). The van der Waals surface area contributed by atoms with E-state index in [4.69, 9.17) is 4.74 Å². The Morgan fingerprint density at radius 3 is 2.32 bits per heavy atom. The number of hydrogen-bond acceptors (Lipinski definition) is 6. The van der Waals surface area contributed by atoms with Crippen LogP contribution in [0.2, 0.25) is 0 Å². The molecule has 1 heterocycles. The van der Waals surface area contributed by atoms with Crippen LogP contribution in [-0.2, 0) is 0 Å². The van der Waals surface area contributed by atoms with Gasteiger partial charge in [0, 0.05) is 18.2 Å². The molecule has 0 aliphatic carbocycles. The van der Waals surface area contributed by atoms with E-state index in [0.29, 0.717) is 22.3 Å². The van der Waals surface area contributed by atoms with Crippen molar-refractivity contribution in [3.05, 3.63) is 53.6 Å². The number of methoxy groups -OCH3 is 1. The molecule has 0 saturated carbocycles. The van der Waals surface area contributed by atoms with Gasteiger partial charge in [0.15, 0.2) is 0 Å². The number of aromatic nitrogens is 2. The Balaban J connectivity index is 1.83. The van der Waals surface area contributed by atoms with E-state index in [1.54, 1.807) is 25.1 Å². The van der Waals surface area contributed by atoms with Crippen molar-refractivity contribution in [1.82, 2.24) is 20.4 Å². The molecule has 0 fully saturated rings. The normalized spacial score (nSPS) is 13.0. The molecule has 3 aromatic rings. The van der Waals surface area contributed by atoms with Crippen molar-refractivity contribution in [3.8, 4) is 17.7 Å². The zero-order valence-electron chi connectivity index (χ0n) is 18.3. The fourth-order valence-electron chi connectivity index (χ4n) is 3.28. The third kappa shape index (κ3) is 5.20. The number of nitrogens with zero attached hydrogens (tertiary/aromatic N) is 3. The third-order valence-corrected chi connectivity index (χ3v) is 4.98. The second kappa shape index (κ2) is 9.70. The number of ether oxygens (including phenoxy) is 2. The topological polar surface area (TPSA) is 118 Å². The van der Waals surface area contributed by atoms with Crippen molar-refractivity contribution >= 4 is 22.7 Å². The van der Waals surface area contributed by atoms with Gasteiger partial charge in [-0.2, -0.15) is 10.4 Å². The molecule has 9 nitrogen and oxygen atoms in total. The summed E-state index contributed by atoms with van der Waals surface area (Å²) in [6.07, 6.45) is -4.85. The summed E-state index contributed by atoms with van der Waals surface area (Å²) in [6, 6.07) is 9.37. The van der Waals surface area contributed by atoms with Crippen LogP contribution in [0.25, 0.3) is 10.9 Å². The van der Waals surface area contributed by atoms with Gasteiger partial charge in [-0.15, -0.1) is 13.2 Å². The van der Waals surface area contributed by atoms with Crippen LogP contribution in [-0.4, -0.2) is 48.2 Å². The lowest BCUT2D eigenvalue weighted by Crippen LogP contribution is -2.39. The Morgan fingerprint density at radius 1 is 1.12 bits per heavy atom. The van der Waals surface area contributed by atoms with Crippen LogP contribution in [0.15, 0.2) is 42.5 Å². The van der Waals surface area contributed by atoms with Crippen LogP contribution in [0.4, 0.5) is 13.2 Å². The average Bonchev–Trinajstić information content (AvgIpc) is 3.18. The highest BCUT2D eigenvalue weighted by molar-refractivity contribution is 5.98. The fourth-order valence-corrected chi connectivity index (χ4v) is 3.28. The van der Waals surface area contributed by atoms with Crippen LogP contribution < -0.4 is 20.1 Å². The number of carbonyl (C=O) groups is 2. The summed E-state index contributed by atoms with van der Waals surface area (Å²) >= 11 is 0. The van der Waals surface area contributed by atoms with Gasteiger partial charge in [-0.05, 0) is 49.4 Å². The highest BCUT2D eigenvalue weighted by Crippen LogP contribution is 2.30. The number of amides is 2. The first-order valence-corrected chi connectivity index (χ1v) is 9.92. The number of hydrogen-bond donors (Lipinski definition) is 2. The largest absolute Gasteiger partial charge is 0.573 e. The molecule has 0 saturated heterocycles. The molecule has 178 valence electrons. The van der Waals surface area contributed by atoms with Gasteiger partial charge in [-0.3, -0.25) is 9.59 Å². The van der Waals surface area contributed by atoms with Gasteiger partial charge in [0.2, 0.25) is 5.88 Å². The van der Waals surface area contributed by atoms with Gasteiger partial charge in [0.05, 0.1) is 30.1 Å². The maximum Gasteiger partial charge on any atom is 0.573 e. The number of benzene rings is 2. The molecule has 2 unspecified atom stereocenters. The van der Waals surface area contributed by atoms with Gasteiger partial charge in [-0.25, -0.2) is 4.68 Å². The van der Waals surface area contributed by atoms with E-state index in [9.17, 15) is 28.0 Å². The van der Waals surface area contributed by atoms with E-state index in [2.05, 4.69) is 20.5 Å². The zero-order valence-corrected chi connectivity index (χ0v) is 18.3. The zero-order chi connectivity index (χ0) is 25.0. The van der Waals surface area contributed by atoms with Gasteiger partial charge in [0.1, 0.15) is 11.8 Å². The first-order chi connectivity index (χ1) is 16.1. The first kappa shape index (κ1) is 24.4. The lowest BCUT2D eigenvalue weighted by molar-refractivity contribution is -0.274. The minimum atomic E-state index is -4.85. The summed E-state index contributed by atoms with van der Waals surface area (Å²) in [5.74, 6) is -1.11. The van der Waals surface area contributed by atoms with E-state index in [1.165, 1.54) is 18.8 Å². The van der Waals surface area contributed by atoms with Crippen LogP contribution in [0, 0.1) is 11.3 Å².